The van der Waals surface area contributed by atoms with E-state index in [4.69, 9.17) is 4.74 Å². The Labute approximate surface area is 52.0 Å². The largest absolute Gasteiger partial charge is 0.373 e. The predicted molar refractivity (Wildman–Crippen MR) is 35.4 cm³/mol. The van der Waals surface area contributed by atoms with Crippen LogP contribution in [-0.2, 0) is 4.74 Å². The van der Waals surface area contributed by atoms with E-state index in [9.17, 15) is 0 Å². The number of ether oxygens (including phenoxy) is 1. The van der Waals surface area contributed by atoms with E-state index < -0.39 is 0 Å². The Morgan fingerprint density at radius 1 is 1.12 bits per heavy atom. The molecule has 0 rings (SSSR count). The molecule has 8 heavy (non-hydrogen) atoms. The Balaban J connectivity index is 2.93. The van der Waals surface area contributed by atoms with Crippen LogP contribution in [0.5, 0.6) is 0 Å². The zero-order valence-electron chi connectivity index (χ0n) is 6.14. The third-order valence-electron chi connectivity index (χ3n) is 0.623. The highest BCUT2D eigenvalue weighted by molar-refractivity contribution is 4.56. The third-order valence-corrected chi connectivity index (χ3v) is 0.623. The second-order valence-corrected chi connectivity index (χ2v) is 2.56. The predicted octanol–water partition coefficient (Wildman–Crippen LogP) is 2.23. The summed E-state index contributed by atoms with van der Waals surface area (Å²) in [7, 11) is 0. The van der Waals surface area contributed by atoms with Crippen LogP contribution in [0.1, 0.15) is 27.7 Å². The van der Waals surface area contributed by atoms with E-state index in [1.807, 2.05) is 20.5 Å². The van der Waals surface area contributed by atoms with Crippen LogP contribution in [0.2, 0.25) is 0 Å². The molecule has 0 bridgehead atoms. The molecule has 0 saturated carbocycles. The molecule has 0 aliphatic heterocycles. The lowest BCUT2D eigenvalue weighted by Crippen LogP contribution is -2.02. The molecule has 0 N–H and O–H groups in total. The summed E-state index contributed by atoms with van der Waals surface area (Å²) in [5, 5.41) is 0. The summed E-state index contributed by atoms with van der Waals surface area (Å²) in [4.78, 5) is 0. The van der Waals surface area contributed by atoms with Crippen molar-refractivity contribution >= 4 is 0 Å². The molecule has 0 atom stereocenters. The van der Waals surface area contributed by atoms with Gasteiger partial charge in [0.1, 0.15) is 0 Å². The van der Waals surface area contributed by atoms with Gasteiger partial charge in [0.15, 0.2) is 0 Å². The van der Waals surface area contributed by atoms with E-state index in [1.54, 1.807) is 0 Å². The van der Waals surface area contributed by atoms with Crippen molar-refractivity contribution in [3.8, 4) is 0 Å². The van der Waals surface area contributed by atoms with E-state index >= 15 is 0 Å². The molecular formula is C7H15O. The molecule has 0 unspecified atom stereocenters. The average Bonchev–Trinajstić information content (AvgIpc) is 1.61. The lowest BCUT2D eigenvalue weighted by Gasteiger charge is -2.07. The fourth-order valence-electron chi connectivity index (χ4n) is 0.314. The van der Waals surface area contributed by atoms with Gasteiger partial charge in [-0.3, -0.25) is 0 Å². The molecule has 0 heterocycles. The maximum Gasteiger partial charge on any atom is 0.0865 e. The molecular weight excluding hydrogens is 100 g/mol. The highest BCUT2D eigenvalue weighted by Crippen LogP contribution is 2.01. The van der Waals surface area contributed by atoms with E-state index in [0.29, 0.717) is 12.0 Å². The van der Waals surface area contributed by atoms with Crippen LogP contribution >= 0.6 is 0 Å². The van der Waals surface area contributed by atoms with Crippen LogP contribution in [0.4, 0.5) is 0 Å². The van der Waals surface area contributed by atoms with Crippen molar-refractivity contribution in [2.24, 2.45) is 5.92 Å². The number of hydrogen-bond acceptors (Lipinski definition) is 1. The molecule has 49 valence electrons. The summed E-state index contributed by atoms with van der Waals surface area (Å²) < 4.78 is 5.18. The van der Waals surface area contributed by atoms with Crippen molar-refractivity contribution < 1.29 is 4.74 Å². The van der Waals surface area contributed by atoms with Crippen LogP contribution < -0.4 is 0 Å². The standard InChI is InChI=1S/C7H15O/c1-6(2)5-8-7(3)4/h5-7H,1-4H3. The Morgan fingerprint density at radius 3 is 1.75 bits per heavy atom. The highest BCUT2D eigenvalue weighted by Gasteiger charge is 1.95. The van der Waals surface area contributed by atoms with Gasteiger partial charge in [0, 0.05) is 0 Å². The van der Waals surface area contributed by atoms with Gasteiger partial charge in [-0.05, 0) is 19.8 Å². The van der Waals surface area contributed by atoms with Crippen molar-refractivity contribution in [3.63, 3.8) is 0 Å². The van der Waals surface area contributed by atoms with Gasteiger partial charge >= 0.3 is 0 Å². The molecule has 0 fully saturated rings. The zero-order valence-corrected chi connectivity index (χ0v) is 6.14. The minimum atomic E-state index is 0.331. The van der Waals surface area contributed by atoms with Gasteiger partial charge in [-0.2, -0.15) is 0 Å². The molecule has 1 radical (unpaired) electrons. The Hall–Kier alpha value is -0.0400. The molecule has 0 spiro atoms. The molecule has 0 amide bonds. The fourth-order valence-corrected chi connectivity index (χ4v) is 0.314. The fraction of sp³-hybridized carbons (Fsp3) is 0.857. The molecule has 0 aliphatic rings. The van der Waals surface area contributed by atoms with Gasteiger partial charge < -0.3 is 4.74 Å². The maximum atomic E-state index is 5.18. The first-order valence-electron chi connectivity index (χ1n) is 3.11. The van der Waals surface area contributed by atoms with Crippen molar-refractivity contribution in [1.82, 2.24) is 0 Å². The van der Waals surface area contributed by atoms with Crippen LogP contribution in [0.3, 0.4) is 0 Å². The first kappa shape index (κ1) is 7.96. The zero-order chi connectivity index (χ0) is 6.57. The number of hydrogen-bond donors (Lipinski definition) is 0. The van der Waals surface area contributed by atoms with Gasteiger partial charge in [-0.1, -0.05) is 13.8 Å². The normalized spacial score (nSPS) is 11.2. The molecule has 1 nitrogen and oxygen atoms in total. The Kier molecular flexibility index (Phi) is 3.88. The summed E-state index contributed by atoms with van der Waals surface area (Å²) in [6.07, 6.45) is 0.331. The van der Waals surface area contributed by atoms with Crippen molar-refractivity contribution in [3.05, 3.63) is 6.61 Å². The highest BCUT2D eigenvalue weighted by atomic mass is 16.5. The summed E-state index contributed by atoms with van der Waals surface area (Å²) >= 11 is 0. The van der Waals surface area contributed by atoms with Gasteiger partial charge in [0.25, 0.3) is 0 Å². The smallest absolute Gasteiger partial charge is 0.0865 e. The van der Waals surface area contributed by atoms with Gasteiger partial charge in [-0.25, -0.2) is 0 Å². The first-order valence-corrected chi connectivity index (χ1v) is 3.11. The van der Waals surface area contributed by atoms with Crippen LogP contribution in [0.25, 0.3) is 0 Å². The molecule has 0 aromatic heterocycles. The van der Waals surface area contributed by atoms with Gasteiger partial charge in [0.2, 0.25) is 0 Å². The van der Waals surface area contributed by atoms with Crippen molar-refractivity contribution in [1.29, 1.82) is 0 Å². The number of rotatable bonds is 3. The first-order chi connectivity index (χ1) is 3.63. The third kappa shape index (κ3) is 5.96. The summed E-state index contributed by atoms with van der Waals surface area (Å²) in [5.74, 6) is 0.539. The monoisotopic (exact) mass is 115 g/mol. The summed E-state index contributed by atoms with van der Waals surface area (Å²) in [5.41, 5.74) is 0. The van der Waals surface area contributed by atoms with Crippen LogP contribution in [0, 0.1) is 12.5 Å². The molecule has 0 aliphatic carbocycles. The van der Waals surface area contributed by atoms with E-state index in [2.05, 4.69) is 13.8 Å². The van der Waals surface area contributed by atoms with E-state index in [1.165, 1.54) is 0 Å². The Bertz CT molecular complexity index is 40.3. The molecule has 1 heteroatoms. The van der Waals surface area contributed by atoms with Crippen LogP contribution in [0.15, 0.2) is 0 Å². The summed E-state index contributed by atoms with van der Waals surface area (Å²) in [6, 6.07) is 0. The van der Waals surface area contributed by atoms with Gasteiger partial charge in [0.05, 0.1) is 12.7 Å². The van der Waals surface area contributed by atoms with Crippen molar-refractivity contribution in [2.75, 3.05) is 0 Å². The van der Waals surface area contributed by atoms with E-state index in [-0.39, 0.29) is 0 Å². The average molecular weight is 115 g/mol. The lowest BCUT2D eigenvalue weighted by atomic mass is 10.2. The van der Waals surface area contributed by atoms with Gasteiger partial charge in [-0.15, -0.1) is 0 Å². The minimum Gasteiger partial charge on any atom is -0.373 e. The SMILES string of the molecule is CC(C)[CH]OC(C)C. The molecule has 0 saturated heterocycles. The maximum absolute atomic E-state index is 5.18. The topological polar surface area (TPSA) is 9.23 Å². The molecule has 0 aromatic rings. The van der Waals surface area contributed by atoms with E-state index in [0.717, 1.165) is 0 Å². The second-order valence-electron chi connectivity index (χ2n) is 2.56. The van der Waals surface area contributed by atoms with Crippen molar-refractivity contribution in [2.45, 2.75) is 33.8 Å². The van der Waals surface area contributed by atoms with Crippen LogP contribution in [-0.4, -0.2) is 6.10 Å². The minimum absolute atomic E-state index is 0.331. The molecule has 0 aromatic carbocycles. The second kappa shape index (κ2) is 3.90. The summed E-state index contributed by atoms with van der Waals surface area (Å²) in [6.45, 7) is 10.1. The quantitative estimate of drug-likeness (QED) is 0.548. The lowest BCUT2D eigenvalue weighted by molar-refractivity contribution is 0.116. The Morgan fingerprint density at radius 2 is 1.62 bits per heavy atom.